The summed E-state index contributed by atoms with van der Waals surface area (Å²) in [6, 6.07) is 9.65. The number of nitrogens with one attached hydrogen (secondary N) is 1. The Kier molecular flexibility index (Phi) is 3.37. The number of imidazole rings is 1. The summed E-state index contributed by atoms with van der Waals surface area (Å²) in [5, 5.41) is 4.21. The summed E-state index contributed by atoms with van der Waals surface area (Å²) in [6.07, 6.45) is 4.30. The Morgan fingerprint density at radius 1 is 1.35 bits per heavy atom. The highest BCUT2D eigenvalue weighted by molar-refractivity contribution is 5.81. The van der Waals surface area contributed by atoms with E-state index in [-0.39, 0.29) is 11.9 Å². The normalized spacial score (nSPS) is 16.5. The van der Waals surface area contributed by atoms with Crippen LogP contribution in [-0.4, -0.2) is 43.6 Å². The number of aromatic amines is 1. The average molecular weight is 309 g/mol. The Morgan fingerprint density at radius 3 is 2.87 bits per heavy atom. The Balaban J connectivity index is 1.45. The van der Waals surface area contributed by atoms with Crippen LogP contribution in [0.1, 0.15) is 31.1 Å². The van der Waals surface area contributed by atoms with Gasteiger partial charge < -0.3 is 9.88 Å². The molecular weight excluding hydrogens is 290 g/mol. The second-order valence-electron chi connectivity index (χ2n) is 5.99. The molecule has 4 rings (SSSR count). The molecule has 23 heavy (non-hydrogen) atoms. The van der Waals surface area contributed by atoms with Crippen molar-refractivity contribution in [3.8, 4) is 0 Å². The summed E-state index contributed by atoms with van der Waals surface area (Å²) in [6.45, 7) is 3.45. The van der Waals surface area contributed by atoms with Gasteiger partial charge in [-0.05, 0) is 24.6 Å². The minimum Gasteiger partial charge on any atom is -0.342 e. The molecule has 2 aromatic heterocycles. The van der Waals surface area contributed by atoms with Gasteiger partial charge in [0.15, 0.2) is 0 Å². The number of hydrogen-bond acceptors (Lipinski definition) is 3. The molecular formula is C17H19N5O. The number of H-pyrrole nitrogens is 1. The van der Waals surface area contributed by atoms with Crippen LogP contribution in [0.3, 0.4) is 0 Å². The van der Waals surface area contributed by atoms with Crippen molar-refractivity contribution < 1.29 is 4.79 Å². The van der Waals surface area contributed by atoms with Gasteiger partial charge >= 0.3 is 0 Å². The van der Waals surface area contributed by atoms with E-state index in [1.165, 1.54) is 0 Å². The summed E-state index contributed by atoms with van der Waals surface area (Å²) in [5.41, 5.74) is 2.03. The summed E-state index contributed by atoms with van der Waals surface area (Å²) >= 11 is 0. The maximum atomic E-state index is 12.6. The number of carbonyl (C=O) groups excluding carboxylic acids is 1. The highest BCUT2D eigenvalue weighted by atomic mass is 16.2. The molecule has 1 saturated heterocycles. The van der Waals surface area contributed by atoms with E-state index in [0.717, 1.165) is 36.4 Å². The maximum absolute atomic E-state index is 12.6. The van der Waals surface area contributed by atoms with Gasteiger partial charge in [0.25, 0.3) is 0 Å². The summed E-state index contributed by atoms with van der Waals surface area (Å²) in [4.78, 5) is 22.5. The summed E-state index contributed by atoms with van der Waals surface area (Å²) < 4.78 is 1.75. The van der Waals surface area contributed by atoms with E-state index >= 15 is 0 Å². The Labute approximate surface area is 134 Å². The first-order valence-corrected chi connectivity index (χ1v) is 7.99. The SMILES string of the molecule is CC[C@@H](C(=O)N1CC(c2nc3ccccc3[nH]2)C1)n1cccn1. The van der Waals surface area contributed by atoms with Crippen molar-refractivity contribution in [2.75, 3.05) is 13.1 Å². The molecule has 3 heterocycles. The zero-order valence-electron chi connectivity index (χ0n) is 13.0. The first-order valence-electron chi connectivity index (χ1n) is 7.99. The lowest BCUT2D eigenvalue weighted by atomic mass is 9.98. The third-order valence-electron chi connectivity index (χ3n) is 4.50. The van der Waals surface area contributed by atoms with E-state index in [0.29, 0.717) is 5.92 Å². The average Bonchev–Trinajstić information content (AvgIpc) is 3.15. The van der Waals surface area contributed by atoms with Crippen LogP contribution in [0.2, 0.25) is 0 Å². The van der Waals surface area contributed by atoms with Crippen LogP contribution < -0.4 is 0 Å². The molecule has 1 fully saturated rings. The molecule has 0 bridgehead atoms. The lowest BCUT2D eigenvalue weighted by molar-refractivity contribution is -0.139. The molecule has 1 aliphatic heterocycles. The quantitative estimate of drug-likeness (QED) is 0.804. The van der Waals surface area contributed by atoms with E-state index in [9.17, 15) is 4.79 Å². The molecule has 118 valence electrons. The van der Waals surface area contributed by atoms with Gasteiger partial charge in [-0.15, -0.1) is 0 Å². The second kappa shape index (κ2) is 5.53. The van der Waals surface area contributed by atoms with Crippen molar-refractivity contribution in [3.05, 3.63) is 48.5 Å². The molecule has 0 spiro atoms. The number of nitrogens with zero attached hydrogens (tertiary/aromatic N) is 4. The number of amides is 1. The van der Waals surface area contributed by atoms with Gasteiger partial charge in [-0.2, -0.15) is 5.10 Å². The van der Waals surface area contributed by atoms with Gasteiger partial charge in [0, 0.05) is 25.5 Å². The van der Waals surface area contributed by atoms with Crippen LogP contribution in [0.25, 0.3) is 11.0 Å². The van der Waals surface area contributed by atoms with E-state index in [4.69, 9.17) is 0 Å². The fourth-order valence-electron chi connectivity index (χ4n) is 3.15. The number of likely N-dealkylation sites (tertiary alicyclic amines) is 1. The molecule has 0 radical (unpaired) electrons. The maximum Gasteiger partial charge on any atom is 0.247 e. The van der Waals surface area contributed by atoms with Crippen molar-refractivity contribution in [2.45, 2.75) is 25.3 Å². The van der Waals surface area contributed by atoms with E-state index < -0.39 is 0 Å². The zero-order chi connectivity index (χ0) is 15.8. The van der Waals surface area contributed by atoms with E-state index in [2.05, 4.69) is 15.1 Å². The van der Waals surface area contributed by atoms with Crippen LogP contribution in [0.4, 0.5) is 0 Å². The molecule has 1 amide bonds. The summed E-state index contributed by atoms with van der Waals surface area (Å²) in [5.74, 6) is 1.41. The van der Waals surface area contributed by atoms with Gasteiger partial charge in [0.2, 0.25) is 5.91 Å². The highest BCUT2D eigenvalue weighted by Crippen LogP contribution is 2.29. The molecule has 1 atom stereocenters. The van der Waals surface area contributed by atoms with E-state index in [1.54, 1.807) is 10.9 Å². The monoisotopic (exact) mass is 309 g/mol. The first-order chi connectivity index (χ1) is 11.3. The lowest BCUT2D eigenvalue weighted by Gasteiger charge is -2.40. The topological polar surface area (TPSA) is 66.8 Å². The van der Waals surface area contributed by atoms with Crippen molar-refractivity contribution in [1.29, 1.82) is 0 Å². The van der Waals surface area contributed by atoms with Gasteiger partial charge in [0.1, 0.15) is 11.9 Å². The number of aromatic nitrogens is 4. The fraction of sp³-hybridized carbons (Fsp3) is 0.353. The standard InChI is InChI=1S/C17H19N5O/c1-2-15(22-9-5-8-18-22)17(23)21-10-12(11-21)16-19-13-6-3-4-7-14(13)20-16/h3-9,12,15H,2,10-11H2,1H3,(H,19,20)/t15-/m0/s1. The zero-order valence-corrected chi connectivity index (χ0v) is 13.0. The number of carbonyl (C=O) groups is 1. The smallest absolute Gasteiger partial charge is 0.247 e. The van der Waals surface area contributed by atoms with E-state index in [1.807, 2.05) is 48.4 Å². The molecule has 0 saturated carbocycles. The van der Waals surface area contributed by atoms with Gasteiger partial charge in [-0.25, -0.2) is 4.98 Å². The lowest BCUT2D eigenvalue weighted by Crippen LogP contribution is -2.51. The number of rotatable bonds is 4. The third-order valence-corrected chi connectivity index (χ3v) is 4.50. The fourth-order valence-corrected chi connectivity index (χ4v) is 3.15. The predicted molar refractivity (Wildman–Crippen MR) is 87.0 cm³/mol. The molecule has 1 aliphatic rings. The van der Waals surface area contributed by atoms with Crippen molar-refractivity contribution >= 4 is 16.9 Å². The molecule has 1 N–H and O–H groups in total. The minimum atomic E-state index is -0.207. The third kappa shape index (κ3) is 2.40. The summed E-state index contributed by atoms with van der Waals surface area (Å²) in [7, 11) is 0. The number of para-hydroxylation sites is 2. The second-order valence-corrected chi connectivity index (χ2v) is 5.99. The number of fused-ring (bicyclic) bond motifs is 1. The molecule has 0 aliphatic carbocycles. The minimum absolute atomic E-state index is 0.142. The van der Waals surface area contributed by atoms with Crippen LogP contribution in [0.5, 0.6) is 0 Å². The van der Waals surface area contributed by atoms with Gasteiger partial charge in [-0.3, -0.25) is 9.48 Å². The van der Waals surface area contributed by atoms with Crippen molar-refractivity contribution in [2.24, 2.45) is 0 Å². The van der Waals surface area contributed by atoms with Crippen LogP contribution in [0, 0.1) is 0 Å². The van der Waals surface area contributed by atoms with Gasteiger partial charge in [0.05, 0.1) is 17.0 Å². The van der Waals surface area contributed by atoms with Crippen molar-refractivity contribution in [3.63, 3.8) is 0 Å². The van der Waals surface area contributed by atoms with Gasteiger partial charge in [-0.1, -0.05) is 19.1 Å². The van der Waals surface area contributed by atoms with Crippen LogP contribution in [0.15, 0.2) is 42.7 Å². The Morgan fingerprint density at radius 2 is 2.17 bits per heavy atom. The Hall–Kier alpha value is -2.63. The molecule has 1 aromatic carbocycles. The predicted octanol–water partition coefficient (Wildman–Crippen LogP) is 2.34. The molecule has 6 nitrogen and oxygen atoms in total. The van der Waals surface area contributed by atoms with Crippen molar-refractivity contribution in [1.82, 2.24) is 24.6 Å². The highest BCUT2D eigenvalue weighted by Gasteiger charge is 2.36. The van der Waals surface area contributed by atoms with Crippen LogP contribution in [-0.2, 0) is 4.79 Å². The number of hydrogen-bond donors (Lipinski definition) is 1. The Bertz CT molecular complexity index is 784. The molecule has 6 heteroatoms. The largest absolute Gasteiger partial charge is 0.342 e. The van der Waals surface area contributed by atoms with Crippen LogP contribution >= 0.6 is 0 Å². The molecule has 0 unspecified atom stereocenters. The molecule has 3 aromatic rings. The number of benzene rings is 1. The first kappa shape index (κ1) is 14.0.